The second-order valence-electron chi connectivity index (χ2n) is 7.95. The lowest BCUT2D eigenvalue weighted by Crippen LogP contribution is -2.46. The predicted octanol–water partition coefficient (Wildman–Crippen LogP) is 2.53. The number of thiazole rings is 1. The fraction of sp³-hybridized carbons (Fsp3) is 0.455. The minimum absolute atomic E-state index is 0.0298. The summed E-state index contributed by atoms with van der Waals surface area (Å²) in [5, 5.41) is 6.30. The third kappa shape index (κ3) is 4.56. The standard InChI is InChI=1S/C22H26N4O4S/c1-3-16-14(2)31-21(24-16)25-18(27)12-26-11-10-22(9-8-19(26)28)13-23-20(29)15-6-4-5-7-17(15)30-22/h4-7H,3,8-13H2,1-2H3,(H,23,29)(H,24,25,27). The quantitative estimate of drug-likeness (QED) is 0.758. The van der Waals surface area contributed by atoms with Crippen LogP contribution in [-0.2, 0) is 16.0 Å². The maximum Gasteiger partial charge on any atom is 0.255 e. The highest BCUT2D eigenvalue weighted by Gasteiger charge is 2.40. The highest BCUT2D eigenvalue weighted by atomic mass is 32.1. The minimum atomic E-state index is -0.675. The van der Waals surface area contributed by atoms with Crippen molar-refractivity contribution in [3.8, 4) is 5.75 Å². The van der Waals surface area contributed by atoms with Crippen LogP contribution in [0, 0.1) is 6.92 Å². The molecule has 2 N–H and O–H groups in total. The monoisotopic (exact) mass is 442 g/mol. The molecule has 164 valence electrons. The van der Waals surface area contributed by atoms with Crippen molar-refractivity contribution in [2.75, 3.05) is 25.0 Å². The lowest BCUT2D eigenvalue weighted by Gasteiger charge is -2.32. The van der Waals surface area contributed by atoms with E-state index < -0.39 is 5.60 Å². The van der Waals surface area contributed by atoms with E-state index in [4.69, 9.17) is 4.74 Å². The molecule has 8 nitrogen and oxygen atoms in total. The first kappa shape index (κ1) is 21.3. The lowest BCUT2D eigenvalue weighted by atomic mass is 9.94. The van der Waals surface area contributed by atoms with Crippen molar-refractivity contribution in [1.29, 1.82) is 0 Å². The van der Waals surface area contributed by atoms with Crippen molar-refractivity contribution in [1.82, 2.24) is 15.2 Å². The van der Waals surface area contributed by atoms with Crippen molar-refractivity contribution in [3.05, 3.63) is 40.4 Å². The average Bonchev–Trinajstić information content (AvgIpc) is 2.95. The number of fused-ring (bicyclic) bond motifs is 1. The van der Waals surface area contributed by atoms with Gasteiger partial charge in [0.1, 0.15) is 11.4 Å². The molecule has 3 amide bonds. The summed E-state index contributed by atoms with van der Waals surface area (Å²) in [7, 11) is 0. The summed E-state index contributed by atoms with van der Waals surface area (Å²) in [6, 6.07) is 7.13. The number of carbonyl (C=O) groups excluding carboxylic acids is 3. The van der Waals surface area contributed by atoms with Gasteiger partial charge in [-0.25, -0.2) is 4.98 Å². The number of ether oxygens (including phenoxy) is 1. The van der Waals surface area contributed by atoms with E-state index in [9.17, 15) is 14.4 Å². The number of para-hydroxylation sites is 1. The Balaban J connectivity index is 1.43. The zero-order chi connectivity index (χ0) is 22.0. The van der Waals surface area contributed by atoms with E-state index in [1.54, 1.807) is 23.1 Å². The smallest absolute Gasteiger partial charge is 0.255 e. The van der Waals surface area contributed by atoms with Gasteiger partial charge in [0, 0.05) is 24.3 Å². The number of carbonyl (C=O) groups is 3. The maximum absolute atomic E-state index is 12.7. The molecule has 0 bridgehead atoms. The van der Waals surface area contributed by atoms with Crippen LogP contribution in [0.5, 0.6) is 5.75 Å². The summed E-state index contributed by atoms with van der Waals surface area (Å²) in [5.74, 6) is -0.00308. The Hall–Kier alpha value is -2.94. The second-order valence-corrected chi connectivity index (χ2v) is 9.16. The molecule has 1 aromatic carbocycles. The van der Waals surface area contributed by atoms with E-state index >= 15 is 0 Å². The van der Waals surface area contributed by atoms with Crippen molar-refractivity contribution >= 4 is 34.2 Å². The van der Waals surface area contributed by atoms with Gasteiger partial charge in [-0.1, -0.05) is 19.1 Å². The molecule has 1 fully saturated rings. The SMILES string of the molecule is CCc1nc(NC(=O)CN2CCC3(CCC2=O)CNC(=O)c2ccccc2O3)sc1C. The van der Waals surface area contributed by atoms with Crippen LogP contribution >= 0.6 is 11.3 Å². The Morgan fingerprint density at radius 1 is 1.32 bits per heavy atom. The Morgan fingerprint density at radius 2 is 2.13 bits per heavy atom. The van der Waals surface area contributed by atoms with Crippen molar-refractivity contribution in [2.45, 2.75) is 45.1 Å². The number of amides is 3. The Labute approximate surface area is 185 Å². The number of benzene rings is 1. The molecule has 9 heteroatoms. The molecule has 2 aliphatic heterocycles. The molecule has 1 unspecified atom stereocenters. The number of nitrogens with zero attached hydrogens (tertiary/aromatic N) is 2. The molecular weight excluding hydrogens is 416 g/mol. The van der Waals surface area contributed by atoms with Crippen LogP contribution < -0.4 is 15.4 Å². The molecular formula is C22H26N4O4S. The number of nitrogens with one attached hydrogen (secondary N) is 2. The number of rotatable bonds is 4. The predicted molar refractivity (Wildman–Crippen MR) is 117 cm³/mol. The van der Waals surface area contributed by atoms with Crippen LogP contribution in [0.15, 0.2) is 24.3 Å². The summed E-state index contributed by atoms with van der Waals surface area (Å²) in [6.45, 7) is 4.68. The normalized spacial score (nSPS) is 21.0. The van der Waals surface area contributed by atoms with E-state index in [0.29, 0.717) is 42.4 Å². The van der Waals surface area contributed by atoms with Gasteiger partial charge in [0.25, 0.3) is 5.91 Å². The number of anilines is 1. The van der Waals surface area contributed by atoms with Gasteiger partial charge in [-0.2, -0.15) is 0 Å². The van der Waals surface area contributed by atoms with Gasteiger partial charge in [0.05, 0.1) is 24.3 Å². The summed E-state index contributed by atoms with van der Waals surface area (Å²) in [5.41, 5.74) is 0.795. The third-order valence-corrected chi connectivity index (χ3v) is 6.75. The topological polar surface area (TPSA) is 101 Å². The van der Waals surface area contributed by atoms with E-state index in [1.807, 2.05) is 19.9 Å². The number of aromatic nitrogens is 1. The van der Waals surface area contributed by atoms with E-state index in [2.05, 4.69) is 15.6 Å². The van der Waals surface area contributed by atoms with Crippen LogP contribution in [0.25, 0.3) is 0 Å². The number of hydrogen-bond donors (Lipinski definition) is 2. The molecule has 1 aromatic heterocycles. The summed E-state index contributed by atoms with van der Waals surface area (Å²) in [4.78, 5) is 44.7. The molecule has 31 heavy (non-hydrogen) atoms. The number of hydrogen-bond acceptors (Lipinski definition) is 6. The Bertz CT molecular complexity index is 1020. The highest BCUT2D eigenvalue weighted by molar-refractivity contribution is 7.15. The van der Waals surface area contributed by atoms with Crippen LogP contribution in [0.4, 0.5) is 5.13 Å². The Kier molecular flexibility index (Phi) is 5.95. The van der Waals surface area contributed by atoms with Gasteiger partial charge < -0.3 is 20.3 Å². The van der Waals surface area contributed by atoms with Crippen LogP contribution in [-0.4, -0.2) is 52.8 Å². The van der Waals surface area contributed by atoms with Crippen LogP contribution in [0.2, 0.25) is 0 Å². The van der Waals surface area contributed by atoms with Gasteiger partial charge in [0.2, 0.25) is 11.8 Å². The molecule has 2 aliphatic rings. The molecule has 4 rings (SSSR count). The molecule has 0 saturated carbocycles. The third-order valence-electron chi connectivity index (χ3n) is 5.82. The zero-order valence-electron chi connectivity index (χ0n) is 17.7. The molecule has 1 saturated heterocycles. The highest BCUT2D eigenvalue weighted by Crippen LogP contribution is 2.33. The zero-order valence-corrected chi connectivity index (χ0v) is 18.5. The fourth-order valence-corrected chi connectivity index (χ4v) is 4.94. The van der Waals surface area contributed by atoms with E-state index in [-0.39, 0.29) is 30.7 Å². The lowest BCUT2D eigenvalue weighted by molar-refractivity contribution is -0.134. The van der Waals surface area contributed by atoms with E-state index in [1.165, 1.54) is 11.3 Å². The van der Waals surface area contributed by atoms with Gasteiger partial charge >= 0.3 is 0 Å². The van der Waals surface area contributed by atoms with Crippen LogP contribution in [0.1, 0.15) is 47.1 Å². The van der Waals surface area contributed by atoms with Gasteiger partial charge in [-0.15, -0.1) is 11.3 Å². The van der Waals surface area contributed by atoms with Gasteiger partial charge in [-0.05, 0) is 31.9 Å². The van der Waals surface area contributed by atoms with Gasteiger partial charge in [-0.3, -0.25) is 14.4 Å². The first-order chi connectivity index (χ1) is 14.9. The maximum atomic E-state index is 12.7. The summed E-state index contributed by atoms with van der Waals surface area (Å²) in [6.07, 6.45) is 2.06. The largest absolute Gasteiger partial charge is 0.485 e. The molecule has 0 radical (unpaired) electrons. The first-order valence-electron chi connectivity index (χ1n) is 10.5. The molecule has 0 aliphatic carbocycles. The average molecular weight is 443 g/mol. The second kappa shape index (κ2) is 8.66. The summed E-state index contributed by atoms with van der Waals surface area (Å²) >= 11 is 1.44. The number of likely N-dealkylation sites (tertiary alicyclic amines) is 1. The molecule has 1 atom stereocenters. The Morgan fingerprint density at radius 3 is 2.90 bits per heavy atom. The van der Waals surface area contributed by atoms with Gasteiger partial charge in [0.15, 0.2) is 5.13 Å². The minimum Gasteiger partial charge on any atom is -0.485 e. The van der Waals surface area contributed by atoms with Crippen LogP contribution in [0.3, 0.4) is 0 Å². The summed E-state index contributed by atoms with van der Waals surface area (Å²) < 4.78 is 6.29. The van der Waals surface area contributed by atoms with Crippen molar-refractivity contribution < 1.29 is 19.1 Å². The molecule has 2 aromatic rings. The molecule has 1 spiro atoms. The van der Waals surface area contributed by atoms with Crippen molar-refractivity contribution in [3.63, 3.8) is 0 Å². The van der Waals surface area contributed by atoms with Crippen molar-refractivity contribution in [2.24, 2.45) is 0 Å². The first-order valence-corrected chi connectivity index (χ1v) is 11.3. The van der Waals surface area contributed by atoms with E-state index in [0.717, 1.165) is 17.0 Å². The fourth-order valence-electron chi connectivity index (χ4n) is 4.02. The number of aryl methyl sites for hydroxylation is 2. The molecule has 3 heterocycles.